The molecule has 0 aliphatic heterocycles. The van der Waals surface area contributed by atoms with E-state index in [1.165, 1.54) is 0 Å². The molecule has 7 heteroatoms. The topological polar surface area (TPSA) is 81.4 Å². The molecule has 6 nitrogen and oxygen atoms in total. The molecule has 0 bridgehead atoms. The third-order valence-corrected chi connectivity index (χ3v) is 3.25. The van der Waals surface area contributed by atoms with Gasteiger partial charge in [-0.25, -0.2) is 0 Å². The number of aromatic nitrogens is 1. The fraction of sp³-hybridized carbons (Fsp3) is 0.312. The average molecular weight is 337 g/mol. The molecule has 1 heterocycles. The number of halogens is 1. The molecule has 0 unspecified atom stereocenters. The molecule has 0 radical (unpaired) electrons. The Morgan fingerprint density at radius 2 is 2.04 bits per heavy atom. The number of benzene rings is 1. The quantitative estimate of drug-likeness (QED) is 0.621. The summed E-state index contributed by atoms with van der Waals surface area (Å²) in [5.41, 5.74) is 1.26. The normalized spacial score (nSPS) is 10.3. The molecule has 1 amide bonds. The zero-order valence-electron chi connectivity index (χ0n) is 12.7. The highest BCUT2D eigenvalue weighted by molar-refractivity contribution is 6.30. The van der Waals surface area contributed by atoms with Crippen molar-refractivity contribution in [3.63, 3.8) is 0 Å². The lowest BCUT2D eigenvalue weighted by Crippen LogP contribution is -2.24. The maximum absolute atomic E-state index is 11.8. The molecule has 23 heavy (non-hydrogen) atoms. The van der Waals surface area contributed by atoms with Crippen LogP contribution in [-0.4, -0.2) is 23.6 Å². The number of nitrogens with one attached hydrogen (secondary N) is 1. The predicted molar refractivity (Wildman–Crippen MR) is 84.1 cm³/mol. The Morgan fingerprint density at radius 1 is 1.30 bits per heavy atom. The Balaban J connectivity index is 1.62. The van der Waals surface area contributed by atoms with Crippen molar-refractivity contribution in [2.45, 2.75) is 26.4 Å². The minimum Gasteiger partial charge on any atom is -0.457 e. The Kier molecular flexibility index (Phi) is 6.17. The fourth-order valence-corrected chi connectivity index (χ4v) is 1.97. The van der Waals surface area contributed by atoms with Crippen LogP contribution in [0.4, 0.5) is 0 Å². The number of carbonyl (C=O) groups excluding carboxylic acids is 2. The first-order valence-corrected chi connectivity index (χ1v) is 7.54. The van der Waals surface area contributed by atoms with Crippen LogP contribution in [0.15, 0.2) is 34.9 Å². The molecule has 0 saturated carbocycles. The smallest absolute Gasteiger partial charge is 0.306 e. The number of esters is 1. The summed E-state index contributed by atoms with van der Waals surface area (Å²) in [6, 6.07) is 8.30. The lowest BCUT2D eigenvalue weighted by atomic mass is 10.2. The van der Waals surface area contributed by atoms with Crippen molar-refractivity contribution in [3.8, 4) is 0 Å². The van der Waals surface area contributed by atoms with E-state index in [-0.39, 0.29) is 24.9 Å². The number of nitrogens with zero attached hydrogens (tertiary/aromatic N) is 1. The second-order valence-electron chi connectivity index (χ2n) is 4.96. The van der Waals surface area contributed by atoms with Crippen LogP contribution in [0.1, 0.15) is 34.7 Å². The lowest BCUT2D eigenvalue weighted by Gasteiger charge is -2.05. The summed E-state index contributed by atoms with van der Waals surface area (Å²) in [5, 5.41) is 7.01. The van der Waals surface area contributed by atoms with E-state index in [1.807, 2.05) is 0 Å². The maximum atomic E-state index is 11.8. The summed E-state index contributed by atoms with van der Waals surface area (Å²) in [6.07, 6.45) is 0.710. The number of aryl methyl sites for hydroxylation is 1. The van der Waals surface area contributed by atoms with Gasteiger partial charge in [-0.05, 0) is 37.6 Å². The molecular formula is C16H17ClN2O4. The number of ether oxygens (including phenoxy) is 1. The van der Waals surface area contributed by atoms with Crippen molar-refractivity contribution in [1.82, 2.24) is 10.5 Å². The average Bonchev–Trinajstić information content (AvgIpc) is 2.95. The summed E-state index contributed by atoms with van der Waals surface area (Å²) < 4.78 is 9.98. The van der Waals surface area contributed by atoms with Crippen molar-refractivity contribution in [3.05, 3.63) is 52.4 Å². The maximum Gasteiger partial charge on any atom is 0.306 e. The van der Waals surface area contributed by atoms with Crippen LogP contribution in [-0.2, 0) is 16.1 Å². The summed E-state index contributed by atoms with van der Waals surface area (Å²) >= 11 is 5.76. The van der Waals surface area contributed by atoms with Gasteiger partial charge in [0.2, 0.25) is 0 Å². The highest BCUT2D eigenvalue weighted by atomic mass is 35.5. The van der Waals surface area contributed by atoms with Crippen LogP contribution < -0.4 is 5.32 Å². The van der Waals surface area contributed by atoms with Gasteiger partial charge in [-0.1, -0.05) is 16.8 Å². The summed E-state index contributed by atoms with van der Waals surface area (Å²) in [6.45, 7) is 2.24. The number of rotatable bonds is 7. The zero-order chi connectivity index (χ0) is 16.7. The fourth-order valence-electron chi connectivity index (χ4n) is 1.85. The molecule has 0 aliphatic carbocycles. The van der Waals surface area contributed by atoms with Gasteiger partial charge in [-0.3, -0.25) is 9.59 Å². The molecule has 0 fully saturated rings. The van der Waals surface area contributed by atoms with Crippen molar-refractivity contribution in [2.24, 2.45) is 0 Å². The van der Waals surface area contributed by atoms with Gasteiger partial charge in [0.05, 0.1) is 5.69 Å². The number of amides is 1. The SMILES string of the molecule is Cc1cc(COC(=O)CCCNC(=O)c2ccc(Cl)cc2)on1. The second kappa shape index (κ2) is 8.33. The number of carbonyl (C=O) groups is 2. The Morgan fingerprint density at radius 3 is 2.70 bits per heavy atom. The van der Waals surface area contributed by atoms with Crippen LogP contribution in [0.3, 0.4) is 0 Å². The van der Waals surface area contributed by atoms with Gasteiger partial charge in [0.15, 0.2) is 12.4 Å². The third-order valence-electron chi connectivity index (χ3n) is 3.00. The second-order valence-corrected chi connectivity index (χ2v) is 5.40. The van der Waals surface area contributed by atoms with E-state index in [9.17, 15) is 9.59 Å². The molecule has 1 aromatic heterocycles. The highest BCUT2D eigenvalue weighted by Gasteiger charge is 2.08. The standard InChI is InChI=1S/C16H17ClN2O4/c1-11-9-14(23-19-11)10-22-15(20)3-2-8-18-16(21)12-4-6-13(17)7-5-12/h4-7,9H,2-3,8,10H2,1H3,(H,18,21). The third kappa shape index (κ3) is 5.75. The van der Waals surface area contributed by atoms with Gasteiger partial charge < -0.3 is 14.6 Å². The molecule has 0 aliphatic rings. The molecule has 0 atom stereocenters. The van der Waals surface area contributed by atoms with Gasteiger partial charge in [-0.2, -0.15) is 0 Å². The number of hydrogen-bond acceptors (Lipinski definition) is 5. The van der Waals surface area contributed by atoms with Crippen LogP contribution in [0.5, 0.6) is 0 Å². The van der Waals surface area contributed by atoms with Crippen molar-refractivity contribution in [1.29, 1.82) is 0 Å². The number of hydrogen-bond donors (Lipinski definition) is 1. The molecule has 0 spiro atoms. The van der Waals surface area contributed by atoms with E-state index in [1.54, 1.807) is 37.3 Å². The summed E-state index contributed by atoms with van der Waals surface area (Å²) in [5.74, 6) is -0.0427. The minimum atomic E-state index is -0.347. The Bertz CT molecular complexity index is 667. The van der Waals surface area contributed by atoms with Gasteiger partial charge in [0, 0.05) is 29.6 Å². The first-order chi connectivity index (χ1) is 11.0. The molecule has 122 valence electrons. The van der Waals surface area contributed by atoms with Crippen LogP contribution in [0, 0.1) is 6.92 Å². The van der Waals surface area contributed by atoms with E-state index in [4.69, 9.17) is 20.9 Å². The molecule has 2 aromatic rings. The predicted octanol–water partition coefficient (Wildman–Crippen LogP) is 2.89. The summed E-state index contributed by atoms with van der Waals surface area (Å²) in [4.78, 5) is 23.4. The molecule has 2 rings (SSSR count). The van der Waals surface area contributed by atoms with Crippen LogP contribution in [0.2, 0.25) is 5.02 Å². The largest absolute Gasteiger partial charge is 0.457 e. The zero-order valence-corrected chi connectivity index (χ0v) is 13.4. The van der Waals surface area contributed by atoms with Crippen LogP contribution in [0.25, 0.3) is 0 Å². The minimum absolute atomic E-state index is 0.0663. The van der Waals surface area contributed by atoms with E-state index in [2.05, 4.69) is 10.5 Å². The van der Waals surface area contributed by atoms with E-state index in [0.717, 1.165) is 5.69 Å². The van der Waals surface area contributed by atoms with Gasteiger partial charge in [0.1, 0.15) is 0 Å². The van der Waals surface area contributed by atoms with E-state index < -0.39 is 0 Å². The summed E-state index contributed by atoms with van der Waals surface area (Å²) in [7, 11) is 0. The van der Waals surface area contributed by atoms with Gasteiger partial charge >= 0.3 is 5.97 Å². The molecular weight excluding hydrogens is 320 g/mol. The van der Waals surface area contributed by atoms with Crippen molar-refractivity contribution >= 4 is 23.5 Å². The monoisotopic (exact) mass is 336 g/mol. The van der Waals surface area contributed by atoms with Gasteiger partial charge in [0.25, 0.3) is 5.91 Å². The molecule has 1 aromatic carbocycles. The van der Waals surface area contributed by atoms with E-state index in [0.29, 0.717) is 29.3 Å². The molecule has 1 N–H and O–H groups in total. The highest BCUT2D eigenvalue weighted by Crippen LogP contribution is 2.09. The van der Waals surface area contributed by atoms with Gasteiger partial charge in [-0.15, -0.1) is 0 Å². The lowest BCUT2D eigenvalue weighted by molar-refractivity contribution is -0.145. The van der Waals surface area contributed by atoms with E-state index >= 15 is 0 Å². The Hall–Kier alpha value is -2.34. The first kappa shape index (κ1) is 17.0. The van der Waals surface area contributed by atoms with Crippen molar-refractivity contribution in [2.75, 3.05) is 6.54 Å². The van der Waals surface area contributed by atoms with Crippen LogP contribution >= 0.6 is 11.6 Å². The Labute approximate surface area is 138 Å². The first-order valence-electron chi connectivity index (χ1n) is 7.16. The van der Waals surface area contributed by atoms with Crippen molar-refractivity contribution < 1.29 is 18.8 Å². The molecule has 0 saturated heterocycles.